The predicted molar refractivity (Wildman–Crippen MR) is 111 cm³/mol. The van der Waals surface area contributed by atoms with Gasteiger partial charge in [0.25, 0.3) is 0 Å². The molecule has 0 spiro atoms. The molecule has 1 amide bonds. The molecule has 0 unspecified atom stereocenters. The molecule has 0 atom stereocenters. The minimum absolute atomic E-state index is 0.0195. The Bertz CT molecular complexity index is 971. The maximum absolute atomic E-state index is 12.6. The van der Waals surface area contributed by atoms with Crippen molar-refractivity contribution in [1.82, 2.24) is 19.7 Å². The molecule has 2 aromatic carbocycles. The van der Waals surface area contributed by atoms with Crippen LogP contribution in [0.2, 0.25) is 0 Å². The number of hydrogen-bond acceptors (Lipinski definition) is 5. The van der Waals surface area contributed by atoms with Crippen LogP contribution in [0, 0.1) is 13.8 Å². The molecule has 146 valence electrons. The average Bonchev–Trinajstić information content (AvgIpc) is 3.14. The lowest BCUT2D eigenvalue weighted by Crippen LogP contribution is -2.28. The van der Waals surface area contributed by atoms with Crippen molar-refractivity contribution in [3.05, 3.63) is 65.5 Å². The summed E-state index contributed by atoms with van der Waals surface area (Å²) < 4.78 is 7.29. The van der Waals surface area contributed by atoms with Crippen molar-refractivity contribution in [2.24, 2.45) is 0 Å². The lowest BCUT2D eigenvalue weighted by atomic mass is 10.1. The minimum atomic E-state index is 0.0195. The first-order chi connectivity index (χ1) is 13.5. The number of ether oxygens (including phenoxy) is 1. The highest BCUT2D eigenvalue weighted by Gasteiger charge is 2.15. The van der Waals surface area contributed by atoms with E-state index in [2.05, 4.69) is 36.2 Å². The fourth-order valence-electron chi connectivity index (χ4n) is 2.98. The van der Waals surface area contributed by atoms with Crippen LogP contribution < -0.4 is 4.74 Å². The van der Waals surface area contributed by atoms with E-state index in [1.165, 1.54) is 17.3 Å². The molecule has 3 aromatic rings. The first-order valence-electron chi connectivity index (χ1n) is 8.96. The summed E-state index contributed by atoms with van der Waals surface area (Å²) in [5, 5.41) is 8.91. The van der Waals surface area contributed by atoms with Gasteiger partial charge in [0.05, 0.1) is 18.6 Å². The second-order valence-corrected chi connectivity index (χ2v) is 7.57. The number of hydrogen-bond donors (Lipinski definition) is 0. The Morgan fingerprint density at radius 1 is 1.21 bits per heavy atom. The molecule has 0 saturated heterocycles. The number of rotatable bonds is 7. The molecule has 0 radical (unpaired) electrons. The highest BCUT2D eigenvalue weighted by Crippen LogP contribution is 2.23. The van der Waals surface area contributed by atoms with Gasteiger partial charge < -0.3 is 9.64 Å². The fraction of sp³-hybridized carbons (Fsp3) is 0.286. The van der Waals surface area contributed by atoms with Gasteiger partial charge in [-0.2, -0.15) is 0 Å². The van der Waals surface area contributed by atoms with Gasteiger partial charge in [0.15, 0.2) is 5.16 Å². The fourth-order valence-corrected chi connectivity index (χ4v) is 3.84. The molecule has 0 aliphatic rings. The highest BCUT2D eigenvalue weighted by molar-refractivity contribution is 7.99. The van der Waals surface area contributed by atoms with Gasteiger partial charge in [-0.15, -0.1) is 10.2 Å². The average molecular weight is 397 g/mol. The summed E-state index contributed by atoms with van der Waals surface area (Å²) >= 11 is 1.39. The summed E-state index contributed by atoms with van der Waals surface area (Å²) in [7, 11) is 3.43. The number of carbonyl (C=O) groups is 1. The third-order valence-corrected chi connectivity index (χ3v) is 5.41. The number of carbonyl (C=O) groups excluding carboxylic acids is 1. The van der Waals surface area contributed by atoms with E-state index in [9.17, 15) is 4.79 Å². The number of thioether (sulfide) groups is 1. The van der Waals surface area contributed by atoms with Crippen molar-refractivity contribution < 1.29 is 9.53 Å². The molecule has 0 saturated carbocycles. The normalized spacial score (nSPS) is 10.7. The first kappa shape index (κ1) is 19.9. The van der Waals surface area contributed by atoms with Gasteiger partial charge >= 0.3 is 0 Å². The Balaban J connectivity index is 1.66. The van der Waals surface area contributed by atoms with Crippen LogP contribution in [0.5, 0.6) is 5.75 Å². The van der Waals surface area contributed by atoms with Gasteiger partial charge in [0.1, 0.15) is 12.1 Å². The zero-order chi connectivity index (χ0) is 20.1. The largest absolute Gasteiger partial charge is 0.496 e. The van der Waals surface area contributed by atoms with Gasteiger partial charge in [-0.25, -0.2) is 0 Å². The van der Waals surface area contributed by atoms with Crippen LogP contribution in [-0.4, -0.2) is 45.5 Å². The Kier molecular flexibility index (Phi) is 6.36. The van der Waals surface area contributed by atoms with Crippen LogP contribution in [0.4, 0.5) is 0 Å². The van der Waals surface area contributed by atoms with Crippen molar-refractivity contribution in [2.75, 3.05) is 19.9 Å². The Labute approximate surface area is 169 Å². The number of aryl methyl sites for hydroxylation is 2. The summed E-state index contributed by atoms with van der Waals surface area (Å²) in [6, 6.07) is 13.9. The van der Waals surface area contributed by atoms with Gasteiger partial charge in [-0.3, -0.25) is 9.36 Å². The number of benzene rings is 2. The molecule has 28 heavy (non-hydrogen) atoms. The van der Waals surface area contributed by atoms with Crippen LogP contribution in [-0.2, 0) is 11.3 Å². The molecule has 7 heteroatoms. The third kappa shape index (κ3) is 4.54. The number of methoxy groups -OCH3 is 1. The lowest BCUT2D eigenvalue weighted by Gasteiger charge is -2.18. The lowest BCUT2D eigenvalue weighted by molar-refractivity contribution is -0.127. The number of nitrogens with zero attached hydrogens (tertiary/aromatic N) is 4. The van der Waals surface area contributed by atoms with E-state index < -0.39 is 0 Å². The van der Waals surface area contributed by atoms with Crippen molar-refractivity contribution in [1.29, 1.82) is 0 Å². The zero-order valence-corrected chi connectivity index (χ0v) is 17.4. The van der Waals surface area contributed by atoms with Crippen LogP contribution in [0.25, 0.3) is 5.69 Å². The third-order valence-electron chi connectivity index (χ3n) is 4.48. The Hall–Kier alpha value is -2.80. The van der Waals surface area contributed by atoms with Crippen LogP contribution in [0.3, 0.4) is 0 Å². The monoisotopic (exact) mass is 396 g/mol. The van der Waals surface area contributed by atoms with Crippen molar-refractivity contribution in [2.45, 2.75) is 25.5 Å². The summed E-state index contributed by atoms with van der Waals surface area (Å²) in [5.74, 6) is 1.09. The SMILES string of the molecule is COc1ccccc1CN(C)C(=O)CSc1nncn1-c1ccc(C)cc1C. The summed E-state index contributed by atoms with van der Waals surface area (Å²) in [4.78, 5) is 14.3. The predicted octanol–water partition coefficient (Wildman–Crippen LogP) is 3.64. The molecule has 6 nitrogen and oxygen atoms in total. The van der Waals surface area contributed by atoms with Gasteiger partial charge in [0, 0.05) is 19.2 Å². The summed E-state index contributed by atoms with van der Waals surface area (Å²) in [5.41, 5.74) is 4.34. The maximum Gasteiger partial charge on any atom is 0.233 e. The molecule has 0 N–H and O–H groups in total. The standard InChI is InChI=1S/C21H24N4O2S/c1-15-9-10-18(16(2)11-15)25-14-22-23-21(25)28-13-20(26)24(3)12-17-7-5-6-8-19(17)27-4/h5-11,14H,12-13H2,1-4H3. The number of amides is 1. The quantitative estimate of drug-likeness (QED) is 0.571. The molecular formula is C21H24N4O2S. The van der Waals surface area contributed by atoms with Crippen LogP contribution >= 0.6 is 11.8 Å². The molecule has 0 aliphatic carbocycles. The second kappa shape index (κ2) is 8.93. The smallest absolute Gasteiger partial charge is 0.233 e. The van der Waals surface area contributed by atoms with E-state index in [0.29, 0.717) is 11.7 Å². The highest BCUT2D eigenvalue weighted by atomic mass is 32.2. The minimum Gasteiger partial charge on any atom is -0.496 e. The summed E-state index contributed by atoms with van der Waals surface area (Å²) in [6.07, 6.45) is 1.68. The van der Waals surface area contributed by atoms with E-state index in [1.54, 1.807) is 25.4 Å². The molecule has 0 aliphatic heterocycles. The molecule has 3 rings (SSSR count). The van der Waals surface area contributed by atoms with Crippen molar-refractivity contribution in [3.63, 3.8) is 0 Å². The maximum atomic E-state index is 12.6. The van der Waals surface area contributed by atoms with E-state index in [4.69, 9.17) is 4.74 Å². The second-order valence-electron chi connectivity index (χ2n) is 6.62. The molecule has 0 bridgehead atoms. The van der Waals surface area contributed by atoms with Crippen LogP contribution in [0.15, 0.2) is 53.9 Å². The van der Waals surface area contributed by atoms with Gasteiger partial charge in [0.2, 0.25) is 5.91 Å². The summed E-state index contributed by atoms with van der Waals surface area (Å²) in [6.45, 7) is 4.62. The zero-order valence-electron chi connectivity index (χ0n) is 16.5. The van der Waals surface area contributed by atoms with E-state index in [0.717, 1.165) is 22.6 Å². The van der Waals surface area contributed by atoms with Crippen molar-refractivity contribution in [3.8, 4) is 11.4 Å². The van der Waals surface area contributed by atoms with Gasteiger partial charge in [-0.05, 0) is 31.5 Å². The molecule has 1 heterocycles. The molecule has 1 aromatic heterocycles. The Morgan fingerprint density at radius 3 is 2.75 bits per heavy atom. The molecule has 0 fully saturated rings. The van der Waals surface area contributed by atoms with Crippen LogP contribution in [0.1, 0.15) is 16.7 Å². The van der Waals surface area contributed by atoms with E-state index in [-0.39, 0.29) is 11.7 Å². The first-order valence-corrected chi connectivity index (χ1v) is 9.94. The topological polar surface area (TPSA) is 60.2 Å². The Morgan fingerprint density at radius 2 is 2.00 bits per heavy atom. The van der Waals surface area contributed by atoms with E-state index >= 15 is 0 Å². The van der Waals surface area contributed by atoms with Gasteiger partial charge in [-0.1, -0.05) is 47.7 Å². The molecular weight excluding hydrogens is 372 g/mol. The van der Waals surface area contributed by atoms with E-state index in [1.807, 2.05) is 34.9 Å². The van der Waals surface area contributed by atoms with Crippen molar-refractivity contribution >= 4 is 17.7 Å². The number of aromatic nitrogens is 3. The number of para-hydroxylation sites is 1.